The van der Waals surface area contributed by atoms with Crippen LogP contribution in [-0.4, -0.2) is 36.8 Å². The van der Waals surface area contributed by atoms with Gasteiger partial charge in [0.1, 0.15) is 11.8 Å². The summed E-state index contributed by atoms with van der Waals surface area (Å²) in [6.07, 6.45) is 4.48. The molecule has 1 aromatic heterocycles. The fraction of sp³-hybridized carbons (Fsp3) is 0.391. The van der Waals surface area contributed by atoms with Gasteiger partial charge < -0.3 is 15.4 Å². The van der Waals surface area contributed by atoms with Gasteiger partial charge in [0.25, 0.3) is 5.91 Å². The highest BCUT2D eigenvalue weighted by molar-refractivity contribution is 7.16. The van der Waals surface area contributed by atoms with Crippen LogP contribution < -0.4 is 20.7 Å². The third kappa shape index (κ3) is 4.83. The van der Waals surface area contributed by atoms with Crippen LogP contribution in [0.25, 0.3) is 0 Å². The van der Waals surface area contributed by atoms with E-state index in [2.05, 4.69) is 16.0 Å². The van der Waals surface area contributed by atoms with Crippen molar-refractivity contribution in [3.05, 3.63) is 45.8 Å². The van der Waals surface area contributed by atoms with Crippen LogP contribution in [0.4, 0.5) is 5.00 Å². The molecule has 2 heterocycles. The van der Waals surface area contributed by atoms with Crippen LogP contribution >= 0.6 is 11.3 Å². The molecule has 1 aliphatic carbocycles. The van der Waals surface area contributed by atoms with Crippen molar-refractivity contribution in [2.75, 3.05) is 12.4 Å². The van der Waals surface area contributed by atoms with E-state index in [-0.39, 0.29) is 30.6 Å². The van der Waals surface area contributed by atoms with Crippen LogP contribution in [0.1, 0.15) is 52.0 Å². The maximum absolute atomic E-state index is 12.8. The van der Waals surface area contributed by atoms with Crippen LogP contribution in [0, 0.1) is 0 Å². The topological polar surface area (TPSA) is 114 Å². The maximum Gasteiger partial charge on any atom is 0.256 e. The average Bonchev–Trinajstić information content (AvgIpc) is 3.12. The Hall–Kier alpha value is -3.20. The Kier molecular flexibility index (Phi) is 6.55. The number of hydrogen-bond acceptors (Lipinski definition) is 6. The van der Waals surface area contributed by atoms with E-state index in [1.54, 1.807) is 31.4 Å². The minimum absolute atomic E-state index is 0.0712. The van der Waals surface area contributed by atoms with E-state index in [9.17, 15) is 19.2 Å². The van der Waals surface area contributed by atoms with Crippen molar-refractivity contribution in [1.82, 2.24) is 10.6 Å². The summed E-state index contributed by atoms with van der Waals surface area (Å²) in [5.74, 6) is -0.687. The Labute approximate surface area is 189 Å². The molecular weight excluding hydrogens is 430 g/mol. The molecule has 0 saturated carbocycles. The van der Waals surface area contributed by atoms with Gasteiger partial charge in [-0.2, -0.15) is 0 Å². The second-order valence-electron chi connectivity index (χ2n) is 7.95. The Balaban J connectivity index is 1.51. The first-order valence-corrected chi connectivity index (χ1v) is 11.5. The highest BCUT2D eigenvalue weighted by Gasteiger charge is 2.29. The number of rotatable bonds is 6. The van der Waals surface area contributed by atoms with Crippen LogP contribution in [0.5, 0.6) is 5.75 Å². The molecule has 0 radical (unpaired) electrons. The zero-order valence-corrected chi connectivity index (χ0v) is 18.6. The van der Waals surface area contributed by atoms with Gasteiger partial charge in [0.05, 0.1) is 18.5 Å². The van der Waals surface area contributed by atoms with Crippen molar-refractivity contribution in [2.24, 2.45) is 0 Å². The lowest BCUT2D eigenvalue weighted by Gasteiger charge is -2.22. The third-order valence-corrected chi connectivity index (χ3v) is 7.02. The van der Waals surface area contributed by atoms with Crippen molar-refractivity contribution < 1.29 is 23.9 Å². The Bertz CT molecular complexity index is 1060. The van der Waals surface area contributed by atoms with Gasteiger partial charge in [0.15, 0.2) is 0 Å². The highest BCUT2D eigenvalue weighted by Crippen LogP contribution is 2.38. The summed E-state index contributed by atoms with van der Waals surface area (Å²) in [5.41, 5.74) is 2.44. The lowest BCUT2D eigenvalue weighted by atomic mass is 9.94. The summed E-state index contributed by atoms with van der Waals surface area (Å²) in [4.78, 5) is 50.1. The Morgan fingerprint density at radius 3 is 2.59 bits per heavy atom. The van der Waals surface area contributed by atoms with E-state index >= 15 is 0 Å². The van der Waals surface area contributed by atoms with E-state index in [1.165, 1.54) is 16.2 Å². The van der Waals surface area contributed by atoms with E-state index in [1.807, 2.05) is 0 Å². The van der Waals surface area contributed by atoms with Crippen molar-refractivity contribution in [3.63, 3.8) is 0 Å². The summed E-state index contributed by atoms with van der Waals surface area (Å²) >= 11 is 1.52. The minimum Gasteiger partial charge on any atom is -0.497 e. The largest absolute Gasteiger partial charge is 0.497 e. The number of benzene rings is 1. The lowest BCUT2D eigenvalue weighted by Crippen LogP contribution is -2.52. The van der Waals surface area contributed by atoms with Gasteiger partial charge in [-0.15, -0.1) is 11.3 Å². The molecule has 32 heavy (non-hydrogen) atoms. The summed E-state index contributed by atoms with van der Waals surface area (Å²) in [6, 6.07) is 6.12. The van der Waals surface area contributed by atoms with E-state index in [0.29, 0.717) is 22.7 Å². The molecule has 1 atom stereocenters. The number of fused-ring (bicyclic) bond motifs is 1. The number of hydrogen-bond donors (Lipinski definition) is 3. The molecule has 1 fully saturated rings. The van der Waals surface area contributed by atoms with Crippen LogP contribution in [0.15, 0.2) is 24.3 Å². The SMILES string of the molecule is COc1ccc(C(=O)Nc2sc3c(c2CC(=O)NC2CCC(=O)NC2=O)CCCC3)cc1. The van der Waals surface area contributed by atoms with Gasteiger partial charge in [-0.05, 0) is 67.5 Å². The number of ether oxygens (including phenoxy) is 1. The van der Waals surface area contributed by atoms with Gasteiger partial charge in [-0.1, -0.05) is 0 Å². The second-order valence-corrected chi connectivity index (χ2v) is 9.05. The van der Waals surface area contributed by atoms with Gasteiger partial charge in [0.2, 0.25) is 17.7 Å². The number of amides is 4. The predicted molar refractivity (Wildman–Crippen MR) is 120 cm³/mol. The number of piperidine rings is 1. The first kappa shape index (κ1) is 22.0. The molecule has 4 amide bonds. The number of nitrogens with one attached hydrogen (secondary N) is 3. The number of aryl methyl sites for hydroxylation is 1. The molecule has 9 heteroatoms. The fourth-order valence-corrected chi connectivity index (χ4v) is 5.38. The summed E-state index contributed by atoms with van der Waals surface area (Å²) < 4.78 is 5.14. The predicted octanol–water partition coefficient (Wildman–Crippen LogP) is 2.35. The fourth-order valence-electron chi connectivity index (χ4n) is 4.07. The number of anilines is 1. The van der Waals surface area contributed by atoms with Crippen molar-refractivity contribution in [1.29, 1.82) is 0 Å². The van der Waals surface area contributed by atoms with E-state index in [0.717, 1.165) is 36.8 Å². The third-order valence-electron chi connectivity index (χ3n) is 5.77. The molecular formula is C23H25N3O5S. The van der Waals surface area contributed by atoms with E-state index < -0.39 is 11.9 Å². The number of carbonyl (C=O) groups excluding carboxylic acids is 4. The molecule has 1 aliphatic heterocycles. The summed E-state index contributed by atoms with van der Waals surface area (Å²) in [7, 11) is 1.57. The van der Waals surface area contributed by atoms with Crippen molar-refractivity contribution in [3.8, 4) is 5.75 Å². The Morgan fingerprint density at radius 2 is 1.88 bits per heavy atom. The van der Waals surface area contributed by atoms with Crippen LogP contribution in [-0.2, 0) is 33.6 Å². The molecule has 0 spiro atoms. The number of imide groups is 1. The zero-order chi connectivity index (χ0) is 22.7. The molecule has 4 rings (SSSR count). The monoisotopic (exact) mass is 455 g/mol. The summed E-state index contributed by atoms with van der Waals surface area (Å²) in [6.45, 7) is 0. The second kappa shape index (κ2) is 9.52. The summed E-state index contributed by atoms with van der Waals surface area (Å²) in [5, 5.41) is 8.64. The highest BCUT2D eigenvalue weighted by atomic mass is 32.1. The Morgan fingerprint density at radius 1 is 1.12 bits per heavy atom. The van der Waals surface area contributed by atoms with Crippen molar-refractivity contribution in [2.45, 2.75) is 51.0 Å². The lowest BCUT2D eigenvalue weighted by molar-refractivity contribution is -0.137. The van der Waals surface area contributed by atoms with Crippen LogP contribution in [0.3, 0.4) is 0 Å². The van der Waals surface area contributed by atoms with Gasteiger partial charge in [0, 0.05) is 16.9 Å². The first-order valence-electron chi connectivity index (χ1n) is 10.7. The molecule has 0 bridgehead atoms. The molecule has 1 unspecified atom stereocenters. The quantitative estimate of drug-likeness (QED) is 0.579. The van der Waals surface area contributed by atoms with Crippen LogP contribution in [0.2, 0.25) is 0 Å². The standard InChI is InChI=1S/C23H25N3O5S/c1-31-14-8-6-13(7-9-14)21(29)26-23-16(15-4-2-3-5-18(15)32-23)12-20(28)24-17-10-11-19(27)25-22(17)30/h6-9,17H,2-5,10-12H2,1H3,(H,24,28)(H,26,29)(H,25,27,30). The molecule has 2 aliphatic rings. The molecule has 8 nitrogen and oxygen atoms in total. The van der Waals surface area contributed by atoms with Gasteiger partial charge in [-0.25, -0.2) is 0 Å². The number of methoxy groups -OCH3 is 1. The number of thiophene rings is 1. The maximum atomic E-state index is 12.8. The molecule has 168 valence electrons. The number of carbonyl (C=O) groups is 4. The van der Waals surface area contributed by atoms with Crippen molar-refractivity contribution >= 4 is 40.0 Å². The minimum atomic E-state index is -0.716. The smallest absolute Gasteiger partial charge is 0.256 e. The molecule has 1 aromatic carbocycles. The van der Waals surface area contributed by atoms with Gasteiger partial charge in [-0.3, -0.25) is 24.5 Å². The van der Waals surface area contributed by atoms with E-state index in [4.69, 9.17) is 4.74 Å². The average molecular weight is 456 g/mol. The molecule has 2 aromatic rings. The van der Waals surface area contributed by atoms with Gasteiger partial charge >= 0.3 is 0 Å². The zero-order valence-electron chi connectivity index (χ0n) is 17.8. The normalized spacial score (nSPS) is 17.8. The molecule has 1 saturated heterocycles. The molecule has 3 N–H and O–H groups in total. The first-order chi connectivity index (χ1) is 15.4.